The highest BCUT2D eigenvalue weighted by Gasteiger charge is 2.28. The Morgan fingerprint density at radius 3 is 2.54 bits per heavy atom. The van der Waals surface area contributed by atoms with Crippen molar-refractivity contribution in [1.29, 1.82) is 0 Å². The van der Waals surface area contributed by atoms with Crippen LogP contribution >= 0.6 is 0 Å². The number of carboxylic acids is 1. The molecule has 0 aliphatic heterocycles. The van der Waals surface area contributed by atoms with Crippen LogP contribution in [0.5, 0.6) is 0 Å². The Bertz CT molecular complexity index is 211. The molecule has 0 saturated heterocycles. The molecule has 1 atom stereocenters. The zero-order valence-electron chi connectivity index (χ0n) is 7.75. The number of carboxylic acid groups (broad SMARTS) is 1. The van der Waals surface area contributed by atoms with E-state index in [0.29, 0.717) is 5.92 Å². The second-order valence-electron chi connectivity index (χ2n) is 3.59. The molecule has 13 heavy (non-hydrogen) atoms. The Hall–Kier alpha value is -1.06. The number of carbonyl (C=O) groups excluding carboxylic acids is 1. The third-order valence-electron chi connectivity index (χ3n) is 2.28. The molecule has 0 bridgehead atoms. The third kappa shape index (κ3) is 3.92. The molecule has 1 saturated carbocycles. The van der Waals surface area contributed by atoms with Crippen LogP contribution in [0.4, 0.5) is 0 Å². The molecular formula is C9H15NO3. The molecule has 2 N–H and O–H groups in total. The average Bonchev–Trinajstić information content (AvgIpc) is 2.82. The summed E-state index contributed by atoms with van der Waals surface area (Å²) in [7, 11) is 0. The minimum Gasteiger partial charge on any atom is -0.481 e. The van der Waals surface area contributed by atoms with Gasteiger partial charge in [-0.25, -0.2) is 0 Å². The molecule has 1 aliphatic rings. The quantitative estimate of drug-likeness (QED) is 0.664. The lowest BCUT2D eigenvalue weighted by Crippen LogP contribution is -2.34. The number of nitrogens with one attached hydrogen (secondary N) is 1. The molecule has 0 radical (unpaired) electrons. The summed E-state index contributed by atoms with van der Waals surface area (Å²) in [5.41, 5.74) is 0. The van der Waals surface area contributed by atoms with Crippen LogP contribution in [0.1, 0.15) is 32.6 Å². The van der Waals surface area contributed by atoms with Gasteiger partial charge in [-0.15, -0.1) is 0 Å². The van der Waals surface area contributed by atoms with Crippen molar-refractivity contribution in [2.75, 3.05) is 0 Å². The van der Waals surface area contributed by atoms with Gasteiger partial charge < -0.3 is 10.4 Å². The predicted molar refractivity (Wildman–Crippen MR) is 47.2 cm³/mol. The number of hydrogen-bond acceptors (Lipinski definition) is 2. The molecule has 1 unspecified atom stereocenters. The van der Waals surface area contributed by atoms with Gasteiger partial charge in [-0.05, 0) is 25.7 Å². The molecule has 4 nitrogen and oxygen atoms in total. The molecule has 74 valence electrons. The summed E-state index contributed by atoms with van der Waals surface area (Å²) in [6.45, 7) is 1.97. The van der Waals surface area contributed by atoms with E-state index >= 15 is 0 Å². The minimum absolute atomic E-state index is 0.0801. The summed E-state index contributed by atoms with van der Waals surface area (Å²) in [6, 6.07) is 0.210. The van der Waals surface area contributed by atoms with E-state index in [0.717, 1.165) is 0 Å². The van der Waals surface area contributed by atoms with E-state index < -0.39 is 5.97 Å². The van der Waals surface area contributed by atoms with Gasteiger partial charge in [-0.2, -0.15) is 0 Å². The maximum Gasteiger partial charge on any atom is 0.303 e. The molecule has 0 aromatic carbocycles. The Balaban J connectivity index is 2.12. The Morgan fingerprint density at radius 2 is 2.08 bits per heavy atom. The first-order valence-electron chi connectivity index (χ1n) is 4.60. The Labute approximate surface area is 77.3 Å². The molecule has 4 heteroatoms. The van der Waals surface area contributed by atoms with E-state index in [1.165, 1.54) is 12.8 Å². The van der Waals surface area contributed by atoms with Gasteiger partial charge >= 0.3 is 5.97 Å². The number of aliphatic carboxylic acids is 1. The van der Waals surface area contributed by atoms with Gasteiger partial charge in [0.1, 0.15) is 0 Å². The van der Waals surface area contributed by atoms with Crippen molar-refractivity contribution in [1.82, 2.24) is 5.32 Å². The molecule has 0 heterocycles. The topological polar surface area (TPSA) is 66.4 Å². The highest BCUT2D eigenvalue weighted by molar-refractivity contribution is 5.80. The van der Waals surface area contributed by atoms with Crippen LogP contribution in [-0.4, -0.2) is 23.0 Å². The van der Waals surface area contributed by atoms with E-state index in [1.54, 1.807) is 0 Å². The first-order chi connectivity index (χ1) is 6.09. The molecule has 1 fully saturated rings. The average molecular weight is 185 g/mol. The summed E-state index contributed by atoms with van der Waals surface area (Å²) in [6.07, 6.45) is 2.37. The van der Waals surface area contributed by atoms with Crippen LogP contribution in [0, 0.1) is 5.92 Å². The van der Waals surface area contributed by atoms with Crippen molar-refractivity contribution < 1.29 is 14.7 Å². The lowest BCUT2D eigenvalue weighted by atomic mass is 10.2. The van der Waals surface area contributed by atoms with E-state index in [-0.39, 0.29) is 24.8 Å². The van der Waals surface area contributed by atoms with Gasteiger partial charge in [0.15, 0.2) is 0 Å². The summed E-state index contributed by atoms with van der Waals surface area (Å²) in [5.74, 6) is -0.454. The summed E-state index contributed by atoms with van der Waals surface area (Å²) in [4.78, 5) is 21.3. The zero-order valence-corrected chi connectivity index (χ0v) is 7.75. The van der Waals surface area contributed by atoms with Gasteiger partial charge in [0.2, 0.25) is 5.91 Å². The normalized spacial score (nSPS) is 17.9. The molecular weight excluding hydrogens is 170 g/mol. The predicted octanol–water partition coefficient (Wildman–Crippen LogP) is 0.766. The Morgan fingerprint density at radius 1 is 1.46 bits per heavy atom. The lowest BCUT2D eigenvalue weighted by molar-refractivity contribution is -0.138. The van der Waals surface area contributed by atoms with Crippen LogP contribution in [0.3, 0.4) is 0 Å². The smallest absolute Gasteiger partial charge is 0.303 e. The van der Waals surface area contributed by atoms with Crippen LogP contribution < -0.4 is 5.32 Å². The fraction of sp³-hybridized carbons (Fsp3) is 0.778. The number of rotatable bonds is 5. The largest absolute Gasteiger partial charge is 0.481 e. The number of carbonyl (C=O) groups is 2. The van der Waals surface area contributed by atoms with Gasteiger partial charge in [0.25, 0.3) is 0 Å². The summed E-state index contributed by atoms with van der Waals surface area (Å²) < 4.78 is 0. The molecule has 0 spiro atoms. The highest BCUT2D eigenvalue weighted by atomic mass is 16.4. The molecule has 1 aliphatic carbocycles. The first kappa shape index (κ1) is 10.0. The SMILES string of the molecule is CC(NC(=O)CCC(=O)O)C1CC1. The van der Waals surface area contributed by atoms with Gasteiger partial charge in [-0.3, -0.25) is 9.59 Å². The van der Waals surface area contributed by atoms with Crippen molar-refractivity contribution in [3.05, 3.63) is 0 Å². The lowest BCUT2D eigenvalue weighted by Gasteiger charge is -2.11. The maximum atomic E-state index is 11.1. The molecule has 0 aromatic heterocycles. The third-order valence-corrected chi connectivity index (χ3v) is 2.28. The summed E-state index contributed by atoms with van der Waals surface area (Å²) in [5, 5.41) is 11.1. The van der Waals surface area contributed by atoms with Crippen molar-refractivity contribution in [2.24, 2.45) is 5.92 Å². The van der Waals surface area contributed by atoms with E-state index in [2.05, 4.69) is 5.32 Å². The zero-order chi connectivity index (χ0) is 9.84. The second-order valence-corrected chi connectivity index (χ2v) is 3.59. The highest BCUT2D eigenvalue weighted by Crippen LogP contribution is 2.32. The molecule has 1 amide bonds. The van der Waals surface area contributed by atoms with Crippen LogP contribution in [-0.2, 0) is 9.59 Å². The van der Waals surface area contributed by atoms with Crippen molar-refractivity contribution in [3.8, 4) is 0 Å². The second kappa shape index (κ2) is 4.25. The number of hydrogen-bond donors (Lipinski definition) is 2. The molecule has 0 aromatic rings. The van der Waals surface area contributed by atoms with Crippen LogP contribution in [0.15, 0.2) is 0 Å². The Kier molecular flexibility index (Phi) is 3.28. The summed E-state index contributed by atoms with van der Waals surface area (Å²) >= 11 is 0. The fourth-order valence-corrected chi connectivity index (χ4v) is 1.26. The van der Waals surface area contributed by atoms with Crippen LogP contribution in [0.2, 0.25) is 0 Å². The molecule has 1 rings (SSSR count). The van der Waals surface area contributed by atoms with E-state index in [4.69, 9.17) is 5.11 Å². The fourth-order valence-electron chi connectivity index (χ4n) is 1.26. The van der Waals surface area contributed by atoms with Crippen LogP contribution in [0.25, 0.3) is 0 Å². The standard InChI is InChI=1S/C9H15NO3/c1-6(7-2-3-7)10-8(11)4-5-9(12)13/h6-7H,2-5H2,1H3,(H,10,11)(H,12,13). The van der Waals surface area contributed by atoms with Crippen molar-refractivity contribution in [3.63, 3.8) is 0 Å². The first-order valence-corrected chi connectivity index (χ1v) is 4.60. The van der Waals surface area contributed by atoms with Crippen molar-refractivity contribution in [2.45, 2.75) is 38.6 Å². The number of amides is 1. The maximum absolute atomic E-state index is 11.1. The van der Waals surface area contributed by atoms with E-state index in [9.17, 15) is 9.59 Å². The minimum atomic E-state index is -0.922. The van der Waals surface area contributed by atoms with Gasteiger partial charge in [0.05, 0.1) is 6.42 Å². The monoisotopic (exact) mass is 185 g/mol. The van der Waals surface area contributed by atoms with Gasteiger partial charge in [0, 0.05) is 12.5 Å². The van der Waals surface area contributed by atoms with Crippen molar-refractivity contribution >= 4 is 11.9 Å². The van der Waals surface area contributed by atoms with Gasteiger partial charge in [-0.1, -0.05) is 0 Å². The van der Waals surface area contributed by atoms with E-state index in [1.807, 2.05) is 6.92 Å².